The molecule has 5 nitrogen and oxygen atoms in total. The van der Waals surface area contributed by atoms with Crippen LogP contribution in [0.2, 0.25) is 0 Å². The summed E-state index contributed by atoms with van der Waals surface area (Å²) < 4.78 is 0. The highest BCUT2D eigenvalue weighted by Crippen LogP contribution is 2.13. The van der Waals surface area contributed by atoms with Gasteiger partial charge in [-0.3, -0.25) is 9.59 Å². The van der Waals surface area contributed by atoms with E-state index in [-0.39, 0.29) is 24.2 Å². The lowest BCUT2D eigenvalue weighted by atomic mass is 10.0. The molecule has 1 aromatic rings. The quantitative estimate of drug-likeness (QED) is 0.891. The molecule has 1 aromatic heterocycles. The molecule has 0 radical (unpaired) electrons. The predicted molar refractivity (Wildman–Crippen MR) is 82.3 cm³/mol. The van der Waals surface area contributed by atoms with Crippen LogP contribution in [0.1, 0.15) is 24.2 Å². The van der Waals surface area contributed by atoms with E-state index in [0.717, 1.165) is 5.56 Å². The number of amides is 2. The Kier molecular flexibility index (Phi) is 5.56. The molecule has 2 rings (SSSR count). The molecule has 2 amide bonds. The lowest BCUT2D eigenvalue weighted by Crippen LogP contribution is -2.57. The number of piperazine rings is 1. The van der Waals surface area contributed by atoms with Gasteiger partial charge >= 0.3 is 0 Å². The molecule has 0 atom stereocenters. The van der Waals surface area contributed by atoms with Crippen molar-refractivity contribution in [2.45, 2.75) is 19.4 Å². The highest BCUT2D eigenvalue weighted by atomic mass is 35.5. The maximum absolute atomic E-state index is 12.1. The van der Waals surface area contributed by atoms with Crippen molar-refractivity contribution in [2.75, 3.05) is 26.2 Å². The van der Waals surface area contributed by atoms with Crippen LogP contribution in [0, 0.1) is 0 Å². The summed E-state index contributed by atoms with van der Waals surface area (Å²) in [5.74, 6) is -0.0181. The molecule has 20 heavy (non-hydrogen) atoms. The van der Waals surface area contributed by atoms with E-state index in [4.69, 9.17) is 5.73 Å². The van der Waals surface area contributed by atoms with Gasteiger partial charge in [-0.05, 0) is 25.3 Å². The Morgan fingerprint density at radius 3 is 2.20 bits per heavy atom. The molecule has 7 heteroatoms. The Morgan fingerprint density at radius 2 is 1.75 bits per heavy atom. The summed E-state index contributed by atoms with van der Waals surface area (Å²) in [7, 11) is 0. The normalized spacial score (nSPS) is 15.8. The van der Waals surface area contributed by atoms with Gasteiger partial charge in [0.1, 0.15) is 0 Å². The van der Waals surface area contributed by atoms with E-state index in [1.165, 1.54) is 11.3 Å². The molecule has 2 N–H and O–H groups in total. The van der Waals surface area contributed by atoms with Gasteiger partial charge in [-0.25, -0.2) is 0 Å². The van der Waals surface area contributed by atoms with Crippen LogP contribution in [-0.4, -0.2) is 53.3 Å². The number of hydrogen-bond donors (Lipinski definition) is 1. The molecule has 1 aliphatic heterocycles. The standard InChI is InChI=1S/C13H19N3O2S.ClH/c1-13(2,14)12(18)16-6-4-15(5-7-16)11(17)10-3-8-19-9-10;/h3,8-9H,4-7,14H2,1-2H3;1H. The van der Waals surface area contributed by atoms with Crippen LogP contribution in [0.4, 0.5) is 0 Å². The second-order valence-corrected chi connectivity index (χ2v) is 6.10. The summed E-state index contributed by atoms with van der Waals surface area (Å²) in [4.78, 5) is 27.7. The molecule has 0 bridgehead atoms. The van der Waals surface area contributed by atoms with Crippen molar-refractivity contribution in [3.05, 3.63) is 22.4 Å². The van der Waals surface area contributed by atoms with Gasteiger partial charge in [0.2, 0.25) is 5.91 Å². The average molecular weight is 318 g/mol. The number of nitrogens with two attached hydrogens (primary N) is 1. The fraction of sp³-hybridized carbons (Fsp3) is 0.538. The van der Waals surface area contributed by atoms with Crippen molar-refractivity contribution in [1.29, 1.82) is 0 Å². The zero-order valence-electron chi connectivity index (χ0n) is 11.7. The molecule has 0 saturated carbocycles. The minimum absolute atomic E-state index is 0. The molecule has 2 heterocycles. The third-order valence-electron chi connectivity index (χ3n) is 3.17. The topological polar surface area (TPSA) is 66.6 Å². The fourth-order valence-electron chi connectivity index (χ4n) is 2.09. The van der Waals surface area contributed by atoms with Crippen LogP contribution in [0.15, 0.2) is 16.8 Å². The number of rotatable bonds is 2. The number of carbonyl (C=O) groups is 2. The minimum Gasteiger partial charge on any atom is -0.338 e. The van der Waals surface area contributed by atoms with Crippen molar-refractivity contribution in [3.63, 3.8) is 0 Å². The Hall–Kier alpha value is -1.11. The number of carbonyl (C=O) groups excluding carboxylic acids is 2. The number of halogens is 1. The first-order valence-corrected chi connectivity index (χ1v) is 7.23. The van der Waals surface area contributed by atoms with Crippen LogP contribution in [0.5, 0.6) is 0 Å². The molecule has 0 aromatic carbocycles. The average Bonchev–Trinajstić information content (AvgIpc) is 2.90. The van der Waals surface area contributed by atoms with Gasteiger partial charge in [-0.1, -0.05) is 0 Å². The highest BCUT2D eigenvalue weighted by molar-refractivity contribution is 7.08. The third kappa shape index (κ3) is 3.71. The zero-order chi connectivity index (χ0) is 14.0. The summed E-state index contributed by atoms with van der Waals surface area (Å²) in [6, 6.07) is 1.83. The molecule has 112 valence electrons. The Labute approximate surface area is 129 Å². The second kappa shape index (κ2) is 6.56. The van der Waals surface area contributed by atoms with Crippen molar-refractivity contribution in [3.8, 4) is 0 Å². The Morgan fingerprint density at radius 1 is 1.20 bits per heavy atom. The molecular weight excluding hydrogens is 298 g/mol. The zero-order valence-corrected chi connectivity index (χ0v) is 13.3. The largest absolute Gasteiger partial charge is 0.338 e. The van der Waals surface area contributed by atoms with Crippen molar-refractivity contribution in [1.82, 2.24) is 9.80 Å². The molecule has 0 aliphatic carbocycles. The van der Waals surface area contributed by atoms with Gasteiger partial charge < -0.3 is 15.5 Å². The number of nitrogens with zero attached hydrogens (tertiary/aromatic N) is 2. The molecule has 0 unspecified atom stereocenters. The molecule has 1 aliphatic rings. The van der Waals surface area contributed by atoms with Crippen molar-refractivity contribution in [2.24, 2.45) is 5.73 Å². The van der Waals surface area contributed by atoms with E-state index in [1.807, 2.05) is 16.8 Å². The van der Waals surface area contributed by atoms with E-state index < -0.39 is 5.54 Å². The molecule has 1 fully saturated rings. The maximum atomic E-state index is 12.1. The minimum atomic E-state index is -0.848. The van der Waals surface area contributed by atoms with Gasteiger partial charge in [0.05, 0.1) is 11.1 Å². The van der Waals surface area contributed by atoms with Crippen LogP contribution < -0.4 is 5.73 Å². The van der Waals surface area contributed by atoms with Gasteiger partial charge in [0.15, 0.2) is 0 Å². The van der Waals surface area contributed by atoms with Crippen LogP contribution in [0.3, 0.4) is 0 Å². The van der Waals surface area contributed by atoms with E-state index >= 15 is 0 Å². The van der Waals surface area contributed by atoms with E-state index in [9.17, 15) is 9.59 Å². The lowest BCUT2D eigenvalue weighted by Gasteiger charge is -2.37. The first kappa shape index (κ1) is 16.9. The monoisotopic (exact) mass is 317 g/mol. The summed E-state index contributed by atoms with van der Waals surface area (Å²) >= 11 is 1.51. The number of hydrogen-bond acceptors (Lipinski definition) is 4. The van der Waals surface area contributed by atoms with E-state index in [1.54, 1.807) is 23.6 Å². The van der Waals surface area contributed by atoms with Gasteiger partial charge in [-0.2, -0.15) is 11.3 Å². The summed E-state index contributed by atoms with van der Waals surface area (Å²) in [5.41, 5.74) is 5.69. The number of thiophene rings is 1. The van der Waals surface area contributed by atoms with E-state index in [0.29, 0.717) is 26.2 Å². The highest BCUT2D eigenvalue weighted by Gasteiger charge is 2.31. The molecule has 1 saturated heterocycles. The second-order valence-electron chi connectivity index (χ2n) is 5.32. The predicted octanol–water partition coefficient (Wildman–Crippen LogP) is 1.19. The van der Waals surface area contributed by atoms with Gasteiger partial charge in [0.25, 0.3) is 5.91 Å². The van der Waals surface area contributed by atoms with Crippen LogP contribution >= 0.6 is 23.7 Å². The van der Waals surface area contributed by atoms with Crippen molar-refractivity contribution >= 4 is 35.6 Å². The van der Waals surface area contributed by atoms with Crippen LogP contribution in [0.25, 0.3) is 0 Å². The van der Waals surface area contributed by atoms with Gasteiger partial charge in [0, 0.05) is 31.6 Å². The molecule has 0 spiro atoms. The Balaban J connectivity index is 0.00000200. The first-order chi connectivity index (χ1) is 8.89. The lowest BCUT2D eigenvalue weighted by molar-refractivity contribution is -0.137. The summed E-state index contributed by atoms with van der Waals surface area (Å²) in [6.45, 7) is 5.65. The maximum Gasteiger partial charge on any atom is 0.254 e. The summed E-state index contributed by atoms with van der Waals surface area (Å²) in [5, 5.41) is 3.74. The first-order valence-electron chi connectivity index (χ1n) is 6.29. The fourth-order valence-corrected chi connectivity index (χ4v) is 2.72. The Bertz CT molecular complexity index is 462. The van der Waals surface area contributed by atoms with E-state index in [2.05, 4.69) is 0 Å². The SMILES string of the molecule is CC(C)(N)C(=O)N1CCN(C(=O)c2ccsc2)CC1.Cl. The third-order valence-corrected chi connectivity index (χ3v) is 3.86. The van der Waals surface area contributed by atoms with Crippen molar-refractivity contribution < 1.29 is 9.59 Å². The smallest absolute Gasteiger partial charge is 0.254 e. The van der Waals surface area contributed by atoms with Gasteiger partial charge in [-0.15, -0.1) is 12.4 Å². The summed E-state index contributed by atoms with van der Waals surface area (Å²) in [6.07, 6.45) is 0. The van der Waals surface area contributed by atoms with Crippen LogP contribution in [-0.2, 0) is 4.79 Å². The molecular formula is C13H20ClN3O2S.